The van der Waals surface area contributed by atoms with Crippen molar-refractivity contribution in [3.05, 3.63) is 143 Å². The van der Waals surface area contributed by atoms with E-state index in [1.165, 1.54) is 9.25 Å². The van der Waals surface area contributed by atoms with E-state index in [9.17, 15) is 28.8 Å². The third-order valence-corrected chi connectivity index (χ3v) is 9.21. The van der Waals surface area contributed by atoms with Crippen LogP contribution < -0.4 is 28.1 Å². The lowest BCUT2D eigenvalue weighted by molar-refractivity contribution is -0.141. The Morgan fingerprint density at radius 2 is 1.48 bits per heavy atom. The number of aromatic nitrogens is 6. The Morgan fingerprint density at radius 1 is 0.840 bits per heavy atom. The maximum Gasteiger partial charge on any atom is 0.333 e. The number of carbonyl (C=O) groups excluding carboxylic acids is 2. The number of hydrogen-bond acceptors (Lipinski definition) is 10. The second-order valence-electron chi connectivity index (χ2n) is 11.3. The molecule has 6 aromatic rings. The van der Waals surface area contributed by atoms with Crippen LogP contribution in [-0.2, 0) is 29.7 Å². The fourth-order valence-corrected chi connectivity index (χ4v) is 6.52. The van der Waals surface area contributed by atoms with Gasteiger partial charge in [-0.25, -0.2) is 23.6 Å². The van der Waals surface area contributed by atoms with E-state index in [-0.39, 0.29) is 28.6 Å². The van der Waals surface area contributed by atoms with Crippen LogP contribution in [0.2, 0.25) is 0 Å². The first-order valence-electron chi connectivity index (χ1n) is 15.3. The molecule has 0 spiro atoms. The van der Waals surface area contributed by atoms with Gasteiger partial charge in [0, 0.05) is 7.05 Å². The van der Waals surface area contributed by atoms with E-state index >= 15 is 0 Å². The number of nitrogen functional groups attached to an aromatic ring is 1. The van der Waals surface area contributed by atoms with Crippen LogP contribution in [0.3, 0.4) is 0 Å². The largest absolute Gasteiger partial charge is 0.468 e. The van der Waals surface area contributed by atoms with Crippen molar-refractivity contribution in [2.75, 3.05) is 18.6 Å². The number of esters is 1. The van der Waals surface area contributed by atoms with Gasteiger partial charge in [0.05, 0.1) is 41.7 Å². The predicted molar refractivity (Wildman–Crippen MR) is 189 cm³/mol. The summed E-state index contributed by atoms with van der Waals surface area (Å²) >= 11 is 0.820. The first-order valence-corrected chi connectivity index (χ1v) is 16.3. The zero-order chi connectivity index (χ0) is 35.7. The Hall–Kier alpha value is -6.22. The van der Waals surface area contributed by atoms with Crippen molar-refractivity contribution in [3.63, 3.8) is 0 Å². The van der Waals surface area contributed by atoms with E-state index in [0.717, 1.165) is 23.4 Å². The fourth-order valence-electron chi connectivity index (χ4n) is 5.65. The summed E-state index contributed by atoms with van der Waals surface area (Å²) in [6.45, 7) is 0.856. The van der Waals surface area contributed by atoms with Crippen LogP contribution >= 0.6 is 11.8 Å². The van der Waals surface area contributed by atoms with Gasteiger partial charge in [0.15, 0.2) is 10.9 Å². The summed E-state index contributed by atoms with van der Waals surface area (Å²) in [6.07, 6.45) is 0. The maximum atomic E-state index is 14.1. The van der Waals surface area contributed by atoms with Crippen molar-refractivity contribution >= 4 is 40.2 Å². The lowest BCUT2D eigenvalue weighted by Crippen LogP contribution is -2.45. The van der Waals surface area contributed by atoms with Crippen LogP contribution in [0, 0.1) is 6.92 Å². The van der Waals surface area contributed by atoms with Gasteiger partial charge < -0.3 is 10.5 Å². The molecule has 15 heteroatoms. The van der Waals surface area contributed by atoms with Crippen LogP contribution in [0.15, 0.2) is 109 Å². The molecule has 0 aliphatic rings. The molecule has 3 heterocycles. The highest BCUT2D eigenvalue weighted by atomic mass is 32.2. The summed E-state index contributed by atoms with van der Waals surface area (Å²) in [5.74, 6) is -2.52. The molecule has 0 fully saturated rings. The number of methoxy groups -OCH3 is 1. The second-order valence-corrected chi connectivity index (χ2v) is 12.2. The Morgan fingerprint density at radius 3 is 2.16 bits per heavy atom. The Kier molecular flexibility index (Phi) is 9.24. The van der Waals surface area contributed by atoms with E-state index < -0.39 is 52.0 Å². The number of ketones is 1. The lowest BCUT2D eigenvalue weighted by Gasteiger charge is -2.16. The smallest absolute Gasteiger partial charge is 0.333 e. The van der Waals surface area contributed by atoms with E-state index in [1.807, 2.05) is 6.07 Å². The molecule has 254 valence electrons. The maximum absolute atomic E-state index is 14.1. The molecule has 3 aromatic carbocycles. The van der Waals surface area contributed by atoms with Crippen molar-refractivity contribution < 1.29 is 14.3 Å². The number of benzene rings is 3. The number of rotatable bonds is 10. The molecule has 2 N–H and O–H groups in total. The second kappa shape index (κ2) is 13.7. The van der Waals surface area contributed by atoms with Gasteiger partial charge >= 0.3 is 11.7 Å². The van der Waals surface area contributed by atoms with Gasteiger partial charge in [-0.1, -0.05) is 72.4 Å². The molecule has 0 unspecified atom stereocenters. The van der Waals surface area contributed by atoms with Gasteiger partial charge in [0.2, 0.25) is 0 Å². The number of para-hydroxylation sites is 2. The van der Waals surface area contributed by atoms with Gasteiger partial charge in [-0.05, 0) is 36.8 Å². The molecule has 0 atom stereocenters. The number of carbonyl (C=O) groups is 2. The first kappa shape index (κ1) is 33.7. The summed E-state index contributed by atoms with van der Waals surface area (Å²) < 4.78 is 10.5. The SMILES string of the molecule is COC(=O)Cn1c(=O)c(C(=O)CSc2nc3ccccc3c(=O)n2-c2c(C)n(C)n(-c3ccccc3)c2=O)c(N)n(Cc2ccccc2)c1=O. The van der Waals surface area contributed by atoms with Crippen molar-refractivity contribution in [1.29, 1.82) is 0 Å². The van der Waals surface area contributed by atoms with Crippen LogP contribution in [0.4, 0.5) is 5.82 Å². The highest BCUT2D eigenvalue weighted by Crippen LogP contribution is 2.24. The average Bonchev–Trinajstić information content (AvgIpc) is 3.34. The van der Waals surface area contributed by atoms with Crippen molar-refractivity contribution in [1.82, 2.24) is 28.0 Å². The topological polar surface area (TPSA) is 175 Å². The minimum atomic E-state index is -1.07. The predicted octanol–water partition coefficient (Wildman–Crippen LogP) is 2.29. The molecule has 50 heavy (non-hydrogen) atoms. The molecule has 14 nitrogen and oxygen atoms in total. The highest BCUT2D eigenvalue weighted by molar-refractivity contribution is 7.99. The van der Waals surface area contributed by atoms with Gasteiger partial charge in [-0.2, -0.15) is 0 Å². The summed E-state index contributed by atoms with van der Waals surface area (Å²) in [4.78, 5) is 85.9. The van der Waals surface area contributed by atoms with E-state index in [1.54, 1.807) is 97.5 Å². The number of ether oxygens (including phenoxy) is 1. The van der Waals surface area contributed by atoms with Crippen LogP contribution in [0.1, 0.15) is 21.6 Å². The lowest BCUT2D eigenvalue weighted by atomic mass is 10.2. The zero-order valence-electron chi connectivity index (χ0n) is 27.2. The molecule has 3 aromatic heterocycles. The van der Waals surface area contributed by atoms with Gasteiger partial charge in [0.25, 0.3) is 16.7 Å². The summed E-state index contributed by atoms with van der Waals surface area (Å²) in [7, 11) is 2.80. The number of Topliss-reactive ketones (excluding diaryl/α,β-unsaturated/α-hetero) is 1. The standard InChI is InChI=1S/C35H31N7O7S/c1-21-29(33(47)42(38(21)2)23-14-8-5-9-15-23)41-31(45)24-16-10-11-17-25(24)37-34(41)50-20-26(43)28-30(36)39(18-22-12-6-4-7-13-22)35(48)40(32(28)46)19-27(44)49-3/h4-17H,18-20,36H2,1-3H3. The molecule has 0 amide bonds. The molecular formula is C35H31N7O7S. The fraction of sp³-hybridized carbons (Fsp3) is 0.171. The average molecular weight is 694 g/mol. The van der Waals surface area contributed by atoms with Crippen LogP contribution in [0.5, 0.6) is 0 Å². The summed E-state index contributed by atoms with van der Waals surface area (Å²) in [5, 5.41) is 0.263. The molecule has 0 bridgehead atoms. The normalized spacial score (nSPS) is 11.2. The molecule has 0 saturated carbocycles. The number of anilines is 1. The first-order chi connectivity index (χ1) is 24.0. The third kappa shape index (κ3) is 5.98. The third-order valence-electron chi connectivity index (χ3n) is 8.27. The van der Waals surface area contributed by atoms with Gasteiger partial charge in [-0.3, -0.25) is 33.2 Å². The van der Waals surface area contributed by atoms with Crippen molar-refractivity contribution in [3.8, 4) is 11.4 Å². The molecular weight excluding hydrogens is 662 g/mol. The minimum Gasteiger partial charge on any atom is -0.468 e. The molecule has 0 radical (unpaired) electrons. The Bertz CT molecular complexity index is 2530. The molecule has 0 saturated heterocycles. The summed E-state index contributed by atoms with van der Waals surface area (Å²) in [6, 6.07) is 24.3. The number of hydrogen-bond donors (Lipinski definition) is 1. The monoisotopic (exact) mass is 693 g/mol. The Labute approximate surface area is 287 Å². The van der Waals surface area contributed by atoms with E-state index in [2.05, 4.69) is 9.72 Å². The molecule has 6 rings (SSSR count). The molecule has 0 aliphatic carbocycles. The zero-order valence-corrected chi connectivity index (χ0v) is 28.0. The van der Waals surface area contributed by atoms with Crippen LogP contribution in [-0.4, -0.2) is 52.7 Å². The van der Waals surface area contributed by atoms with Crippen molar-refractivity contribution in [2.45, 2.75) is 25.2 Å². The molecule has 0 aliphatic heterocycles. The number of fused-ring (bicyclic) bond motifs is 1. The van der Waals surface area contributed by atoms with Gasteiger partial charge in [0.1, 0.15) is 23.6 Å². The highest BCUT2D eigenvalue weighted by Gasteiger charge is 2.27. The van der Waals surface area contributed by atoms with Crippen molar-refractivity contribution in [2.24, 2.45) is 7.05 Å². The van der Waals surface area contributed by atoms with E-state index in [0.29, 0.717) is 27.0 Å². The van der Waals surface area contributed by atoms with Crippen LogP contribution in [0.25, 0.3) is 22.3 Å². The number of nitrogens with two attached hydrogens (primary N) is 1. The van der Waals surface area contributed by atoms with Gasteiger partial charge in [-0.15, -0.1) is 0 Å². The number of thioether (sulfide) groups is 1. The quantitative estimate of drug-likeness (QED) is 0.0970. The van der Waals surface area contributed by atoms with E-state index in [4.69, 9.17) is 5.73 Å². The number of nitrogens with zero attached hydrogens (tertiary/aromatic N) is 6. The Balaban J connectivity index is 1.48. The minimum absolute atomic E-state index is 0.0131. The summed E-state index contributed by atoms with van der Waals surface area (Å²) in [5.41, 5.74) is 4.89.